The van der Waals surface area contributed by atoms with E-state index in [-0.39, 0.29) is 0 Å². The third kappa shape index (κ3) is 2.81. The van der Waals surface area contributed by atoms with Crippen LogP contribution in [0.3, 0.4) is 0 Å². The first-order valence-electron chi connectivity index (χ1n) is 4.69. The van der Waals surface area contributed by atoms with Gasteiger partial charge in [0.1, 0.15) is 5.75 Å². The second kappa shape index (κ2) is 5.53. The van der Waals surface area contributed by atoms with Crippen LogP contribution >= 0.6 is 0 Å². The molecule has 1 rings (SSSR count). The Morgan fingerprint density at radius 1 is 1.47 bits per heavy atom. The molecule has 1 unspecified atom stereocenters. The van der Waals surface area contributed by atoms with E-state index in [1.807, 2.05) is 0 Å². The highest BCUT2D eigenvalue weighted by atomic mass is 16.5. The van der Waals surface area contributed by atoms with Crippen molar-refractivity contribution in [2.45, 2.75) is 12.5 Å². The Labute approximate surface area is 88.8 Å². The Hall–Kier alpha value is -1.33. The van der Waals surface area contributed by atoms with E-state index in [0.717, 1.165) is 0 Å². The molecular formula is C10H16N2O3. The van der Waals surface area contributed by atoms with Gasteiger partial charge in [-0.2, -0.15) is 0 Å². The van der Waals surface area contributed by atoms with Crippen LogP contribution in [0.2, 0.25) is 0 Å². The minimum atomic E-state index is -0.651. The van der Waals surface area contributed by atoms with Crippen LogP contribution in [0, 0.1) is 0 Å². The molecule has 1 heterocycles. The molecule has 0 radical (unpaired) electrons. The highest BCUT2D eigenvalue weighted by Gasteiger charge is 2.14. The Morgan fingerprint density at radius 3 is 2.73 bits per heavy atom. The number of ether oxygens (including phenoxy) is 2. The lowest BCUT2D eigenvalue weighted by Gasteiger charge is -2.14. The fourth-order valence-corrected chi connectivity index (χ4v) is 1.29. The molecule has 5 nitrogen and oxygen atoms in total. The molecule has 15 heavy (non-hydrogen) atoms. The molecule has 0 aliphatic heterocycles. The molecule has 0 aromatic carbocycles. The van der Waals surface area contributed by atoms with E-state index in [1.165, 1.54) is 20.4 Å². The maximum absolute atomic E-state index is 9.81. The largest absolute Gasteiger partial charge is 0.495 e. The summed E-state index contributed by atoms with van der Waals surface area (Å²) in [6.07, 6.45) is 1.35. The third-order valence-electron chi connectivity index (χ3n) is 2.10. The fourth-order valence-electron chi connectivity index (χ4n) is 1.29. The maximum Gasteiger partial charge on any atom is 0.213 e. The normalized spacial score (nSPS) is 12.3. The molecule has 5 heteroatoms. The van der Waals surface area contributed by atoms with Crippen LogP contribution in [0.5, 0.6) is 11.6 Å². The topological polar surface area (TPSA) is 77.6 Å². The van der Waals surface area contributed by atoms with Crippen LogP contribution in [0.25, 0.3) is 0 Å². The molecule has 0 fully saturated rings. The Bertz CT molecular complexity index is 318. The zero-order valence-corrected chi connectivity index (χ0v) is 8.93. The quantitative estimate of drug-likeness (QED) is 0.742. The van der Waals surface area contributed by atoms with Gasteiger partial charge in [0.05, 0.1) is 26.5 Å². The van der Waals surface area contributed by atoms with Crippen LogP contribution < -0.4 is 15.2 Å². The number of aromatic nitrogens is 1. The number of pyridine rings is 1. The van der Waals surface area contributed by atoms with Gasteiger partial charge in [0.15, 0.2) is 0 Å². The first-order valence-corrected chi connectivity index (χ1v) is 4.69. The smallest absolute Gasteiger partial charge is 0.213 e. The molecule has 1 atom stereocenters. The van der Waals surface area contributed by atoms with Crippen LogP contribution in [0.1, 0.15) is 18.1 Å². The first-order chi connectivity index (χ1) is 7.22. The van der Waals surface area contributed by atoms with Gasteiger partial charge in [0, 0.05) is 11.6 Å². The molecule has 1 aromatic rings. The predicted molar refractivity (Wildman–Crippen MR) is 56.0 cm³/mol. The predicted octanol–water partition coefficient (Wildman–Crippen LogP) is 0.481. The Balaban J connectivity index is 3.00. The summed E-state index contributed by atoms with van der Waals surface area (Å²) >= 11 is 0. The molecule has 0 aliphatic carbocycles. The standard InChI is InChI=1S/C10H16N2O3/c1-14-9-6-12-10(15-2)5-7(9)8(13)3-4-11/h5-6,8,13H,3-4,11H2,1-2H3. The summed E-state index contributed by atoms with van der Waals surface area (Å²) < 4.78 is 10.1. The van der Waals surface area contributed by atoms with Gasteiger partial charge in [-0.3, -0.25) is 0 Å². The van der Waals surface area contributed by atoms with Crippen molar-refractivity contribution in [2.75, 3.05) is 20.8 Å². The Morgan fingerprint density at radius 2 is 2.20 bits per heavy atom. The van der Waals surface area contributed by atoms with E-state index >= 15 is 0 Å². The lowest BCUT2D eigenvalue weighted by atomic mass is 10.1. The number of hydrogen-bond acceptors (Lipinski definition) is 5. The van der Waals surface area contributed by atoms with Gasteiger partial charge in [-0.05, 0) is 13.0 Å². The van der Waals surface area contributed by atoms with Crippen LogP contribution in [-0.2, 0) is 0 Å². The lowest BCUT2D eigenvalue weighted by Crippen LogP contribution is -2.08. The van der Waals surface area contributed by atoms with Crippen molar-refractivity contribution in [1.82, 2.24) is 4.98 Å². The van der Waals surface area contributed by atoms with E-state index < -0.39 is 6.10 Å². The van der Waals surface area contributed by atoms with E-state index in [9.17, 15) is 5.11 Å². The SMILES string of the molecule is COc1cc(C(O)CCN)c(OC)cn1. The summed E-state index contributed by atoms with van der Waals surface area (Å²) in [7, 11) is 3.05. The van der Waals surface area contributed by atoms with E-state index in [1.54, 1.807) is 6.07 Å². The minimum Gasteiger partial charge on any atom is -0.495 e. The molecule has 0 bridgehead atoms. The van der Waals surface area contributed by atoms with Crippen molar-refractivity contribution >= 4 is 0 Å². The fraction of sp³-hybridized carbons (Fsp3) is 0.500. The van der Waals surface area contributed by atoms with E-state index in [0.29, 0.717) is 30.2 Å². The minimum absolute atomic E-state index is 0.412. The van der Waals surface area contributed by atoms with Gasteiger partial charge in [-0.1, -0.05) is 0 Å². The second-order valence-electron chi connectivity index (χ2n) is 3.06. The molecule has 0 saturated heterocycles. The molecule has 3 N–H and O–H groups in total. The summed E-state index contributed by atoms with van der Waals surface area (Å²) in [4.78, 5) is 3.98. The van der Waals surface area contributed by atoms with Gasteiger partial charge >= 0.3 is 0 Å². The zero-order chi connectivity index (χ0) is 11.3. The number of aliphatic hydroxyl groups is 1. The van der Waals surface area contributed by atoms with Crippen LogP contribution in [0.15, 0.2) is 12.3 Å². The highest BCUT2D eigenvalue weighted by Crippen LogP contribution is 2.28. The monoisotopic (exact) mass is 212 g/mol. The molecule has 84 valence electrons. The number of rotatable bonds is 5. The average Bonchev–Trinajstić information content (AvgIpc) is 2.28. The molecule has 0 spiro atoms. The Kier molecular flexibility index (Phi) is 4.33. The average molecular weight is 212 g/mol. The maximum atomic E-state index is 9.81. The molecule has 1 aromatic heterocycles. The summed E-state index contributed by atoms with van der Waals surface area (Å²) in [5.74, 6) is 0.985. The van der Waals surface area contributed by atoms with Crippen molar-refractivity contribution in [3.63, 3.8) is 0 Å². The molecule has 0 saturated carbocycles. The summed E-state index contributed by atoms with van der Waals surface area (Å²) in [5.41, 5.74) is 6.03. The number of methoxy groups -OCH3 is 2. The van der Waals surface area contributed by atoms with Crippen molar-refractivity contribution in [2.24, 2.45) is 5.73 Å². The van der Waals surface area contributed by atoms with E-state index in [2.05, 4.69) is 4.98 Å². The molecule has 0 aliphatic rings. The summed E-state index contributed by atoms with van der Waals surface area (Å²) in [5, 5.41) is 9.81. The second-order valence-corrected chi connectivity index (χ2v) is 3.06. The highest BCUT2D eigenvalue weighted by molar-refractivity contribution is 5.36. The number of aliphatic hydroxyl groups excluding tert-OH is 1. The van der Waals surface area contributed by atoms with Crippen molar-refractivity contribution < 1.29 is 14.6 Å². The summed E-state index contributed by atoms with van der Waals surface area (Å²) in [6, 6.07) is 1.65. The zero-order valence-electron chi connectivity index (χ0n) is 8.93. The van der Waals surface area contributed by atoms with Crippen molar-refractivity contribution in [3.8, 4) is 11.6 Å². The first kappa shape index (κ1) is 11.7. The number of nitrogens with zero attached hydrogens (tertiary/aromatic N) is 1. The van der Waals surface area contributed by atoms with Gasteiger partial charge in [0.2, 0.25) is 5.88 Å². The summed E-state index contributed by atoms with van der Waals surface area (Å²) in [6.45, 7) is 0.412. The van der Waals surface area contributed by atoms with Gasteiger partial charge in [0.25, 0.3) is 0 Å². The van der Waals surface area contributed by atoms with Gasteiger partial charge < -0.3 is 20.3 Å². The third-order valence-corrected chi connectivity index (χ3v) is 2.10. The van der Waals surface area contributed by atoms with Crippen molar-refractivity contribution in [3.05, 3.63) is 17.8 Å². The number of nitrogens with two attached hydrogens (primary N) is 1. The molecule has 0 amide bonds. The van der Waals surface area contributed by atoms with Gasteiger partial charge in [-0.15, -0.1) is 0 Å². The lowest BCUT2D eigenvalue weighted by molar-refractivity contribution is 0.165. The van der Waals surface area contributed by atoms with Crippen LogP contribution in [0.4, 0.5) is 0 Å². The molecular weight excluding hydrogens is 196 g/mol. The van der Waals surface area contributed by atoms with Gasteiger partial charge in [-0.25, -0.2) is 4.98 Å². The van der Waals surface area contributed by atoms with Crippen LogP contribution in [-0.4, -0.2) is 30.9 Å². The van der Waals surface area contributed by atoms with Crippen molar-refractivity contribution in [1.29, 1.82) is 0 Å². The van der Waals surface area contributed by atoms with E-state index in [4.69, 9.17) is 15.2 Å². The number of hydrogen-bond donors (Lipinski definition) is 2.